The lowest BCUT2D eigenvalue weighted by Gasteiger charge is -2.31. The molecule has 0 aliphatic carbocycles. The zero-order valence-electron chi connectivity index (χ0n) is 13.8. The number of rotatable bonds is 1. The smallest absolute Gasteiger partial charge is 0.257 e. The molecule has 2 heterocycles. The van der Waals surface area contributed by atoms with Crippen LogP contribution in [0.2, 0.25) is 0 Å². The first-order chi connectivity index (χ1) is 10.5. The van der Waals surface area contributed by atoms with Crippen molar-refractivity contribution in [2.45, 2.75) is 45.4 Å². The van der Waals surface area contributed by atoms with Crippen LogP contribution in [0.5, 0.6) is 11.5 Å². The Hall–Kier alpha value is -1.71. The number of nitrogens with zero attached hydrogens (tertiary/aromatic N) is 1. The molecule has 0 atom stereocenters. The van der Waals surface area contributed by atoms with E-state index < -0.39 is 0 Å². The Morgan fingerprint density at radius 3 is 2.27 bits per heavy atom. The summed E-state index contributed by atoms with van der Waals surface area (Å²) in [6, 6.07) is 3.93. The van der Waals surface area contributed by atoms with Gasteiger partial charge >= 0.3 is 0 Å². The molecule has 3 rings (SSSR count). The van der Waals surface area contributed by atoms with Crippen LogP contribution < -0.4 is 9.47 Å². The number of ether oxygens (including phenoxy) is 2. The first-order valence-electron chi connectivity index (χ1n) is 8.21. The second-order valence-electron chi connectivity index (χ2n) is 7.12. The number of carbonyl (C=O) groups excluding carboxylic acids is 1. The normalized spacial score (nSPS) is 18.2. The zero-order chi connectivity index (χ0) is 15.7. The molecule has 1 aromatic carbocycles. The molecule has 0 aromatic heterocycles. The van der Waals surface area contributed by atoms with Gasteiger partial charge in [-0.05, 0) is 30.7 Å². The van der Waals surface area contributed by atoms with Crippen molar-refractivity contribution in [3.8, 4) is 11.5 Å². The van der Waals surface area contributed by atoms with Crippen LogP contribution in [0.3, 0.4) is 0 Å². The lowest BCUT2D eigenvalue weighted by Crippen LogP contribution is -2.36. The number of carbonyl (C=O) groups is 1. The molecular formula is C18H25NO3. The predicted octanol–water partition coefficient (Wildman–Crippen LogP) is 3.38. The molecule has 2 aliphatic rings. The quantitative estimate of drug-likeness (QED) is 0.798. The van der Waals surface area contributed by atoms with Gasteiger partial charge in [0.25, 0.3) is 5.91 Å². The summed E-state index contributed by atoms with van der Waals surface area (Å²) in [6.07, 6.45) is 3.39. The lowest BCUT2D eigenvalue weighted by molar-refractivity contribution is 0.0713. The van der Waals surface area contributed by atoms with Crippen LogP contribution in [0.1, 0.15) is 56.0 Å². The molecule has 0 saturated carbocycles. The second-order valence-corrected chi connectivity index (χ2v) is 7.12. The Morgan fingerprint density at radius 1 is 1.00 bits per heavy atom. The van der Waals surface area contributed by atoms with E-state index in [4.69, 9.17) is 9.47 Å². The molecule has 0 unspecified atom stereocenters. The SMILES string of the molecule is CC(C)(C)c1ccc(C(=O)N2CCCCC2)c2c1OCCO2. The van der Waals surface area contributed by atoms with E-state index in [1.165, 1.54) is 6.42 Å². The van der Waals surface area contributed by atoms with Gasteiger partial charge in [0, 0.05) is 18.7 Å². The lowest BCUT2D eigenvalue weighted by atomic mass is 9.85. The van der Waals surface area contributed by atoms with Crippen LogP contribution in [0, 0.1) is 0 Å². The fourth-order valence-electron chi connectivity index (χ4n) is 3.16. The molecule has 0 bridgehead atoms. The van der Waals surface area contributed by atoms with Gasteiger partial charge in [-0.15, -0.1) is 0 Å². The highest BCUT2D eigenvalue weighted by Crippen LogP contribution is 2.43. The maximum Gasteiger partial charge on any atom is 0.257 e. The molecule has 0 spiro atoms. The Labute approximate surface area is 132 Å². The van der Waals surface area contributed by atoms with E-state index in [2.05, 4.69) is 20.8 Å². The molecule has 22 heavy (non-hydrogen) atoms. The van der Waals surface area contributed by atoms with Gasteiger partial charge in [0.1, 0.15) is 13.2 Å². The van der Waals surface area contributed by atoms with Gasteiger partial charge < -0.3 is 14.4 Å². The monoisotopic (exact) mass is 303 g/mol. The van der Waals surface area contributed by atoms with Crippen molar-refractivity contribution in [2.75, 3.05) is 26.3 Å². The van der Waals surface area contributed by atoms with Crippen LogP contribution in [0.15, 0.2) is 12.1 Å². The fourth-order valence-corrected chi connectivity index (χ4v) is 3.16. The van der Waals surface area contributed by atoms with E-state index >= 15 is 0 Å². The van der Waals surface area contributed by atoms with Crippen molar-refractivity contribution in [1.82, 2.24) is 4.90 Å². The molecule has 1 fully saturated rings. The number of amides is 1. The van der Waals surface area contributed by atoms with Crippen LogP contribution in [0.4, 0.5) is 0 Å². The topological polar surface area (TPSA) is 38.8 Å². The summed E-state index contributed by atoms with van der Waals surface area (Å²) in [5.74, 6) is 1.46. The Kier molecular flexibility index (Phi) is 4.02. The highest BCUT2D eigenvalue weighted by atomic mass is 16.6. The number of hydrogen-bond acceptors (Lipinski definition) is 3. The molecule has 1 aromatic rings. The van der Waals surface area contributed by atoms with Crippen LogP contribution in [0.25, 0.3) is 0 Å². The standard InChI is InChI=1S/C18H25NO3/c1-18(2,3)14-8-7-13(15-16(14)22-12-11-21-15)17(20)19-9-5-4-6-10-19/h7-8H,4-6,9-12H2,1-3H3. The largest absolute Gasteiger partial charge is 0.486 e. The first kappa shape index (κ1) is 15.2. The Bertz CT molecular complexity index is 568. The van der Waals surface area contributed by atoms with Gasteiger partial charge in [0.05, 0.1) is 5.56 Å². The van der Waals surface area contributed by atoms with Crippen molar-refractivity contribution in [3.05, 3.63) is 23.3 Å². The molecule has 4 nitrogen and oxygen atoms in total. The highest BCUT2D eigenvalue weighted by Gasteiger charge is 2.30. The van der Waals surface area contributed by atoms with Crippen molar-refractivity contribution < 1.29 is 14.3 Å². The average molecular weight is 303 g/mol. The molecule has 1 saturated heterocycles. The van der Waals surface area contributed by atoms with Gasteiger partial charge in [-0.3, -0.25) is 4.79 Å². The summed E-state index contributed by atoms with van der Waals surface area (Å²) in [7, 11) is 0. The molecule has 2 aliphatic heterocycles. The maximum absolute atomic E-state index is 12.8. The minimum atomic E-state index is -0.0442. The summed E-state index contributed by atoms with van der Waals surface area (Å²) in [4.78, 5) is 14.8. The highest BCUT2D eigenvalue weighted by molar-refractivity contribution is 5.98. The van der Waals surface area contributed by atoms with E-state index in [0.29, 0.717) is 24.5 Å². The number of piperidine rings is 1. The van der Waals surface area contributed by atoms with Crippen LogP contribution >= 0.6 is 0 Å². The summed E-state index contributed by atoms with van der Waals surface area (Å²) >= 11 is 0. The minimum absolute atomic E-state index is 0.0442. The number of likely N-dealkylation sites (tertiary alicyclic amines) is 1. The van der Waals surface area contributed by atoms with Gasteiger partial charge in [-0.1, -0.05) is 26.8 Å². The molecule has 4 heteroatoms. The van der Waals surface area contributed by atoms with Crippen LogP contribution in [-0.2, 0) is 5.41 Å². The van der Waals surface area contributed by atoms with E-state index in [0.717, 1.165) is 37.2 Å². The second kappa shape index (κ2) is 5.82. The van der Waals surface area contributed by atoms with Crippen molar-refractivity contribution in [2.24, 2.45) is 0 Å². The van der Waals surface area contributed by atoms with Crippen molar-refractivity contribution in [1.29, 1.82) is 0 Å². The third-order valence-electron chi connectivity index (χ3n) is 4.37. The fraction of sp³-hybridized carbons (Fsp3) is 0.611. The van der Waals surface area contributed by atoms with Crippen molar-refractivity contribution >= 4 is 5.91 Å². The summed E-state index contributed by atoms with van der Waals surface area (Å²) in [5.41, 5.74) is 1.69. The number of hydrogen-bond donors (Lipinski definition) is 0. The van der Waals surface area contributed by atoms with Gasteiger partial charge in [-0.2, -0.15) is 0 Å². The maximum atomic E-state index is 12.8. The van der Waals surface area contributed by atoms with Gasteiger partial charge in [0.15, 0.2) is 11.5 Å². The number of fused-ring (bicyclic) bond motifs is 1. The third-order valence-corrected chi connectivity index (χ3v) is 4.37. The van der Waals surface area contributed by atoms with Gasteiger partial charge in [0.2, 0.25) is 0 Å². The average Bonchev–Trinajstić information content (AvgIpc) is 2.53. The first-order valence-corrected chi connectivity index (χ1v) is 8.21. The summed E-state index contributed by atoms with van der Waals surface area (Å²) in [6.45, 7) is 9.16. The Balaban J connectivity index is 2.00. The van der Waals surface area contributed by atoms with E-state index in [1.807, 2.05) is 17.0 Å². The van der Waals surface area contributed by atoms with E-state index in [-0.39, 0.29) is 11.3 Å². The Morgan fingerprint density at radius 2 is 1.64 bits per heavy atom. The molecule has 0 N–H and O–H groups in total. The third kappa shape index (κ3) is 2.79. The molecular weight excluding hydrogens is 278 g/mol. The molecule has 0 radical (unpaired) electrons. The summed E-state index contributed by atoms with van der Waals surface area (Å²) < 4.78 is 11.7. The summed E-state index contributed by atoms with van der Waals surface area (Å²) in [5, 5.41) is 0. The zero-order valence-corrected chi connectivity index (χ0v) is 13.8. The van der Waals surface area contributed by atoms with E-state index in [1.54, 1.807) is 0 Å². The molecule has 1 amide bonds. The van der Waals surface area contributed by atoms with Crippen LogP contribution in [-0.4, -0.2) is 37.1 Å². The number of benzene rings is 1. The van der Waals surface area contributed by atoms with Gasteiger partial charge in [-0.25, -0.2) is 0 Å². The predicted molar refractivity (Wildman–Crippen MR) is 85.9 cm³/mol. The van der Waals surface area contributed by atoms with E-state index in [9.17, 15) is 4.79 Å². The van der Waals surface area contributed by atoms with Crippen molar-refractivity contribution in [3.63, 3.8) is 0 Å². The minimum Gasteiger partial charge on any atom is -0.486 e. The molecule has 120 valence electrons.